The summed E-state index contributed by atoms with van der Waals surface area (Å²) in [5, 5.41) is 4.06. The van der Waals surface area contributed by atoms with Gasteiger partial charge in [-0.25, -0.2) is 0 Å². The number of hydrogen-bond acceptors (Lipinski definition) is 2. The van der Waals surface area contributed by atoms with Gasteiger partial charge in [0.05, 0.1) is 0 Å². The van der Waals surface area contributed by atoms with Crippen LogP contribution in [0.4, 0.5) is 0 Å². The number of rotatable bonds is 5. The topological polar surface area (TPSA) is 29.1 Å². The van der Waals surface area contributed by atoms with Crippen molar-refractivity contribution in [2.45, 2.75) is 46.5 Å². The smallest absolute Gasteiger partial charge is 0.169 e. The summed E-state index contributed by atoms with van der Waals surface area (Å²) in [4.78, 5) is 13.1. The molecule has 1 aromatic rings. The van der Waals surface area contributed by atoms with Gasteiger partial charge in [-0.2, -0.15) is 0 Å². The molecule has 2 nitrogen and oxygen atoms in total. The highest BCUT2D eigenvalue weighted by Crippen LogP contribution is 2.39. The second kappa shape index (κ2) is 6.93. The van der Waals surface area contributed by atoms with Crippen LogP contribution in [0.5, 0.6) is 0 Å². The van der Waals surface area contributed by atoms with E-state index in [0.29, 0.717) is 10.9 Å². The van der Waals surface area contributed by atoms with E-state index in [1.54, 1.807) is 0 Å². The first-order valence-electron chi connectivity index (χ1n) is 7.96. The molecule has 1 N–H and O–H groups in total. The highest BCUT2D eigenvalue weighted by atomic mass is 35.5. The Morgan fingerprint density at radius 1 is 1.33 bits per heavy atom. The number of piperidine rings is 1. The Bertz CT molecular complexity index is 504. The van der Waals surface area contributed by atoms with Gasteiger partial charge in [0, 0.05) is 16.0 Å². The van der Waals surface area contributed by atoms with E-state index in [1.807, 2.05) is 25.1 Å². The Labute approximate surface area is 133 Å². The first-order chi connectivity index (χ1) is 9.94. The van der Waals surface area contributed by atoms with Crippen molar-refractivity contribution in [3.8, 4) is 0 Å². The first kappa shape index (κ1) is 16.5. The molecule has 0 aromatic heterocycles. The monoisotopic (exact) mass is 307 g/mol. The van der Waals surface area contributed by atoms with Crippen molar-refractivity contribution in [3.63, 3.8) is 0 Å². The molecule has 1 fully saturated rings. The molecule has 1 heterocycles. The molecular formula is C18H26ClNO. The van der Waals surface area contributed by atoms with E-state index in [2.05, 4.69) is 19.2 Å². The fourth-order valence-corrected chi connectivity index (χ4v) is 3.28. The van der Waals surface area contributed by atoms with Crippen LogP contribution < -0.4 is 5.32 Å². The van der Waals surface area contributed by atoms with Gasteiger partial charge in [0.15, 0.2) is 5.78 Å². The Morgan fingerprint density at radius 3 is 2.57 bits per heavy atom. The lowest BCUT2D eigenvalue weighted by atomic mass is 9.69. The van der Waals surface area contributed by atoms with Crippen molar-refractivity contribution in [3.05, 3.63) is 34.3 Å². The van der Waals surface area contributed by atoms with E-state index in [1.165, 1.54) is 0 Å². The number of benzene rings is 1. The largest absolute Gasteiger partial charge is 0.317 e. The zero-order valence-corrected chi connectivity index (χ0v) is 14.1. The SMILES string of the molecule is Cc1ccc(C(=O)C2(CCC(C)C)CCNCC2)cc1Cl. The molecule has 0 unspecified atom stereocenters. The zero-order valence-electron chi connectivity index (χ0n) is 13.3. The van der Waals surface area contributed by atoms with Crippen LogP contribution in [0.3, 0.4) is 0 Å². The van der Waals surface area contributed by atoms with E-state index in [9.17, 15) is 4.79 Å². The second-order valence-corrected chi connectivity index (χ2v) is 7.16. The molecule has 0 bridgehead atoms. The molecule has 0 saturated carbocycles. The molecule has 2 rings (SSSR count). The molecule has 116 valence electrons. The highest BCUT2D eigenvalue weighted by Gasteiger charge is 2.39. The van der Waals surface area contributed by atoms with Crippen molar-refractivity contribution in [1.29, 1.82) is 0 Å². The summed E-state index contributed by atoms with van der Waals surface area (Å²) in [6.45, 7) is 8.28. The molecule has 1 aliphatic heterocycles. The maximum Gasteiger partial charge on any atom is 0.169 e. The quantitative estimate of drug-likeness (QED) is 0.803. The number of halogens is 1. The third-order valence-electron chi connectivity index (χ3n) is 4.68. The summed E-state index contributed by atoms with van der Waals surface area (Å²) in [5.41, 5.74) is 1.60. The van der Waals surface area contributed by atoms with Gasteiger partial charge >= 0.3 is 0 Å². The maximum atomic E-state index is 13.1. The fourth-order valence-electron chi connectivity index (χ4n) is 3.10. The lowest BCUT2D eigenvalue weighted by Gasteiger charge is -2.37. The van der Waals surface area contributed by atoms with Crippen molar-refractivity contribution >= 4 is 17.4 Å². The van der Waals surface area contributed by atoms with E-state index >= 15 is 0 Å². The van der Waals surface area contributed by atoms with Crippen LogP contribution in [-0.2, 0) is 0 Å². The number of Topliss-reactive ketones (excluding diaryl/α,β-unsaturated/α-hetero) is 1. The Hall–Kier alpha value is -0.860. The third-order valence-corrected chi connectivity index (χ3v) is 5.08. The fraction of sp³-hybridized carbons (Fsp3) is 0.611. The lowest BCUT2D eigenvalue weighted by molar-refractivity contribution is 0.0693. The minimum atomic E-state index is -0.200. The highest BCUT2D eigenvalue weighted by molar-refractivity contribution is 6.31. The predicted molar refractivity (Wildman–Crippen MR) is 89.1 cm³/mol. The van der Waals surface area contributed by atoms with Gasteiger partial charge in [-0.05, 0) is 56.8 Å². The molecule has 1 aromatic carbocycles. The number of aryl methyl sites for hydroxylation is 1. The summed E-state index contributed by atoms with van der Waals surface area (Å²) >= 11 is 6.21. The molecular weight excluding hydrogens is 282 g/mol. The zero-order chi connectivity index (χ0) is 15.5. The summed E-state index contributed by atoms with van der Waals surface area (Å²) in [6, 6.07) is 5.73. The minimum Gasteiger partial charge on any atom is -0.317 e. The summed E-state index contributed by atoms with van der Waals surface area (Å²) < 4.78 is 0. The van der Waals surface area contributed by atoms with Gasteiger partial charge in [-0.15, -0.1) is 0 Å². The molecule has 0 amide bonds. The van der Waals surface area contributed by atoms with Gasteiger partial charge < -0.3 is 5.32 Å². The molecule has 1 aliphatic rings. The Kier molecular flexibility index (Phi) is 5.45. The molecule has 0 spiro atoms. The maximum absolute atomic E-state index is 13.1. The predicted octanol–water partition coefficient (Wildman–Crippen LogP) is 4.64. The number of hydrogen-bond donors (Lipinski definition) is 1. The standard InChI is InChI=1S/C18H26ClNO/c1-13(2)6-7-18(8-10-20-11-9-18)17(21)15-5-4-14(3)16(19)12-15/h4-5,12-13,20H,6-11H2,1-3H3. The summed E-state index contributed by atoms with van der Waals surface area (Å²) in [6.07, 6.45) is 3.95. The van der Waals surface area contributed by atoms with E-state index < -0.39 is 0 Å². The summed E-state index contributed by atoms with van der Waals surface area (Å²) in [7, 11) is 0. The summed E-state index contributed by atoms with van der Waals surface area (Å²) in [5.74, 6) is 0.915. The first-order valence-corrected chi connectivity index (χ1v) is 8.34. The van der Waals surface area contributed by atoms with Gasteiger partial charge in [-0.1, -0.05) is 44.0 Å². The van der Waals surface area contributed by atoms with E-state index in [4.69, 9.17) is 11.6 Å². The van der Waals surface area contributed by atoms with Crippen molar-refractivity contribution in [2.24, 2.45) is 11.3 Å². The average molecular weight is 308 g/mol. The van der Waals surface area contributed by atoms with Crippen molar-refractivity contribution in [1.82, 2.24) is 5.32 Å². The molecule has 1 saturated heterocycles. The Morgan fingerprint density at radius 2 is 2.00 bits per heavy atom. The van der Waals surface area contributed by atoms with Crippen LogP contribution in [0.2, 0.25) is 5.02 Å². The minimum absolute atomic E-state index is 0.200. The normalized spacial score (nSPS) is 18.0. The van der Waals surface area contributed by atoms with Crippen LogP contribution in [0.25, 0.3) is 0 Å². The number of carbonyl (C=O) groups excluding carboxylic acids is 1. The third kappa shape index (κ3) is 3.87. The van der Waals surface area contributed by atoms with Crippen molar-refractivity contribution < 1.29 is 4.79 Å². The van der Waals surface area contributed by atoms with E-state index in [0.717, 1.165) is 49.9 Å². The Balaban J connectivity index is 2.26. The lowest BCUT2D eigenvalue weighted by Crippen LogP contribution is -2.42. The number of carbonyl (C=O) groups is 1. The molecule has 0 radical (unpaired) electrons. The molecule has 0 aliphatic carbocycles. The van der Waals surface area contributed by atoms with Gasteiger partial charge in [0.2, 0.25) is 0 Å². The van der Waals surface area contributed by atoms with Gasteiger partial charge in [-0.3, -0.25) is 4.79 Å². The van der Waals surface area contributed by atoms with Crippen LogP contribution in [0.1, 0.15) is 55.5 Å². The van der Waals surface area contributed by atoms with Crippen molar-refractivity contribution in [2.75, 3.05) is 13.1 Å². The van der Waals surface area contributed by atoms with E-state index in [-0.39, 0.29) is 11.2 Å². The van der Waals surface area contributed by atoms with Crippen LogP contribution >= 0.6 is 11.6 Å². The van der Waals surface area contributed by atoms with Crippen LogP contribution in [0, 0.1) is 18.3 Å². The average Bonchev–Trinajstić information content (AvgIpc) is 2.48. The number of nitrogens with one attached hydrogen (secondary N) is 1. The van der Waals surface area contributed by atoms with Crippen LogP contribution in [-0.4, -0.2) is 18.9 Å². The number of ketones is 1. The second-order valence-electron chi connectivity index (χ2n) is 6.76. The van der Waals surface area contributed by atoms with Gasteiger partial charge in [0.25, 0.3) is 0 Å². The molecule has 0 atom stereocenters. The van der Waals surface area contributed by atoms with Crippen LogP contribution in [0.15, 0.2) is 18.2 Å². The van der Waals surface area contributed by atoms with Gasteiger partial charge in [0.1, 0.15) is 0 Å². The molecule has 3 heteroatoms. The molecule has 21 heavy (non-hydrogen) atoms.